The molecular weight excluding hydrogens is 909 g/mol. The second kappa shape index (κ2) is 64.4. The number of esters is 2. The van der Waals surface area contributed by atoms with E-state index in [1.807, 2.05) is 0 Å². The van der Waals surface area contributed by atoms with Crippen molar-refractivity contribution in [3.05, 3.63) is 85.1 Å². The minimum atomic E-state index is -0.783. The molecule has 0 heterocycles. The highest BCUT2D eigenvalue weighted by atomic mass is 16.6. The first kappa shape index (κ1) is 71.1. The number of ether oxygens (including phenoxy) is 2. The van der Waals surface area contributed by atoms with Crippen LogP contribution in [0, 0.1) is 0 Å². The third-order valence-electron chi connectivity index (χ3n) is 14.2. The molecule has 5 nitrogen and oxygen atoms in total. The normalized spacial score (nSPS) is 12.7. The molecule has 0 aliphatic rings. The number of aliphatic hydroxyl groups is 1. The van der Waals surface area contributed by atoms with E-state index in [4.69, 9.17) is 9.47 Å². The van der Waals surface area contributed by atoms with Crippen molar-refractivity contribution in [3.8, 4) is 0 Å². The molecule has 0 aromatic rings. The van der Waals surface area contributed by atoms with Crippen molar-refractivity contribution < 1.29 is 24.2 Å². The topological polar surface area (TPSA) is 72.8 Å². The van der Waals surface area contributed by atoms with Crippen LogP contribution in [0.4, 0.5) is 0 Å². The van der Waals surface area contributed by atoms with Crippen molar-refractivity contribution in [2.24, 2.45) is 0 Å². The molecule has 0 saturated heterocycles. The van der Waals surface area contributed by atoms with E-state index >= 15 is 0 Å². The fourth-order valence-electron chi connectivity index (χ4n) is 9.38. The number of hydrogen-bond donors (Lipinski definition) is 1. The number of carbonyl (C=O) groups is 2. The molecule has 1 N–H and O–H groups in total. The molecule has 1 atom stereocenters. The van der Waals surface area contributed by atoms with Crippen molar-refractivity contribution >= 4 is 11.9 Å². The number of carbonyl (C=O) groups excluding carboxylic acids is 2. The molecule has 5 heteroatoms. The predicted molar refractivity (Wildman–Crippen MR) is 325 cm³/mol. The second-order valence-electron chi connectivity index (χ2n) is 21.5. The minimum Gasteiger partial charge on any atom is -0.462 e. The Labute approximate surface area is 460 Å². The van der Waals surface area contributed by atoms with E-state index in [0.29, 0.717) is 12.8 Å². The highest BCUT2D eigenvalue weighted by Gasteiger charge is 2.16. The maximum absolute atomic E-state index is 12.3. The van der Waals surface area contributed by atoms with Gasteiger partial charge >= 0.3 is 11.9 Å². The van der Waals surface area contributed by atoms with Crippen LogP contribution in [0.2, 0.25) is 0 Å². The molecular formula is C69H122O5. The standard InChI is InChI=1S/C69H122O5/c1-3-5-7-9-11-13-15-17-19-21-23-24-25-26-27-28-29-30-31-32-33-34-35-36-37-38-39-40-41-42-43-44-46-47-49-51-53-55-57-59-61-63-68(71)73-66-67(65-70)74-69(72)64-62-60-58-56-54-52-50-48-45-22-20-18-16-14-12-10-8-6-4-2/h6,8,12,14-15,17-18,20-21,23,25-26,45,48,67,70H,3-5,7,9-11,13,16,19,22,24,27-44,46-47,49-66H2,1-2H3/b8-6-,14-12-,17-15-,20-18-,23-21-,26-25-,48-45-. The van der Waals surface area contributed by atoms with E-state index in [1.165, 1.54) is 212 Å². The Morgan fingerprint density at radius 1 is 0.324 bits per heavy atom. The quantitative estimate of drug-likeness (QED) is 0.0373. The lowest BCUT2D eigenvalue weighted by Crippen LogP contribution is -2.28. The van der Waals surface area contributed by atoms with Crippen molar-refractivity contribution in [2.75, 3.05) is 13.2 Å². The van der Waals surface area contributed by atoms with Crippen LogP contribution in [0.1, 0.15) is 322 Å². The third-order valence-corrected chi connectivity index (χ3v) is 14.2. The average molecular weight is 1030 g/mol. The van der Waals surface area contributed by atoms with Gasteiger partial charge in [0.1, 0.15) is 6.61 Å². The van der Waals surface area contributed by atoms with Gasteiger partial charge in [0.05, 0.1) is 6.61 Å². The van der Waals surface area contributed by atoms with E-state index in [9.17, 15) is 14.7 Å². The van der Waals surface area contributed by atoms with Crippen LogP contribution in [0.25, 0.3) is 0 Å². The first-order valence-corrected chi connectivity index (χ1v) is 32.1. The van der Waals surface area contributed by atoms with Gasteiger partial charge in [-0.05, 0) is 89.9 Å². The lowest BCUT2D eigenvalue weighted by molar-refractivity contribution is -0.161. The molecule has 74 heavy (non-hydrogen) atoms. The zero-order valence-electron chi connectivity index (χ0n) is 49.1. The number of rotatable bonds is 59. The van der Waals surface area contributed by atoms with Gasteiger partial charge in [-0.2, -0.15) is 0 Å². The second-order valence-corrected chi connectivity index (χ2v) is 21.5. The molecule has 0 fully saturated rings. The van der Waals surface area contributed by atoms with Crippen LogP contribution in [0.15, 0.2) is 85.1 Å². The number of unbranched alkanes of at least 4 members (excludes halogenated alkanes) is 37. The molecule has 0 aliphatic carbocycles. The number of allylic oxidation sites excluding steroid dienone is 14. The van der Waals surface area contributed by atoms with Gasteiger partial charge in [-0.1, -0.05) is 304 Å². The summed E-state index contributed by atoms with van der Waals surface area (Å²) in [6.45, 7) is 4.03. The molecule has 0 saturated carbocycles. The summed E-state index contributed by atoms with van der Waals surface area (Å²) < 4.78 is 10.7. The van der Waals surface area contributed by atoms with Gasteiger partial charge in [-0.15, -0.1) is 0 Å². The number of aliphatic hydroxyl groups excluding tert-OH is 1. The van der Waals surface area contributed by atoms with Crippen LogP contribution in [0.3, 0.4) is 0 Å². The van der Waals surface area contributed by atoms with E-state index in [-0.39, 0.29) is 25.2 Å². The molecule has 0 aromatic carbocycles. The van der Waals surface area contributed by atoms with E-state index in [1.54, 1.807) is 0 Å². The highest BCUT2D eigenvalue weighted by molar-refractivity contribution is 5.70. The predicted octanol–water partition coefficient (Wildman–Crippen LogP) is 22.1. The number of hydrogen-bond acceptors (Lipinski definition) is 5. The summed E-state index contributed by atoms with van der Waals surface area (Å²) in [5.41, 5.74) is 0. The maximum atomic E-state index is 12.3. The Kier molecular flexibility index (Phi) is 61.8. The Balaban J connectivity index is 3.41. The summed E-state index contributed by atoms with van der Waals surface area (Å²) in [5.74, 6) is -0.597. The summed E-state index contributed by atoms with van der Waals surface area (Å²) >= 11 is 0. The summed E-state index contributed by atoms with van der Waals surface area (Å²) in [5, 5.41) is 9.66. The lowest BCUT2D eigenvalue weighted by Gasteiger charge is -2.15. The summed E-state index contributed by atoms with van der Waals surface area (Å²) in [6, 6.07) is 0. The molecule has 0 rings (SSSR count). The fourth-order valence-corrected chi connectivity index (χ4v) is 9.38. The largest absolute Gasteiger partial charge is 0.462 e. The van der Waals surface area contributed by atoms with Crippen molar-refractivity contribution in [3.63, 3.8) is 0 Å². The third kappa shape index (κ3) is 61.6. The smallest absolute Gasteiger partial charge is 0.306 e. The first-order chi connectivity index (χ1) is 36.6. The molecule has 428 valence electrons. The van der Waals surface area contributed by atoms with Gasteiger partial charge in [0.2, 0.25) is 0 Å². The van der Waals surface area contributed by atoms with Crippen molar-refractivity contribution in [1.82, 2.24) is 0 Å². The van der Waals surface area contributed by atoms with E-state index in [0.717, 1.165) is 83.5 Å². The molecule has 0 radical (unpaired) electrons. The Hall–Kier alpha value is -2.92. The van der Waals surface area contributed by atoms with Gasteiger partial charge in [0.25, 0.3) is 0 Å². The molecule has 0 spiro atoms. The van der Waals surface area contributed by atoms with Crippen LogP contribution in [-0.2, 0) is 19.1 Å². The molecule has 0 amide bonds. The van der Waals surface area contributed by atoms with Gasteiger partial charge < -0.3 is 14.6 Å². The Morgan fingerprint density at radius 3 is 0.878 bits per heavy atom. The fraction of sp³-hybridized carbons (Fsp3) is 0.768. The van der Waals surface area contributed by atoms with Crippen LogP contribution in [0.5, 0.6) is 0 Å². The molecule has 0 aromatic heterocycles. The van der Waals surface area contributed by atoms with Crippen molar-refractivity contribution in [2.45, 2.75) is 328 Å². The average Bonchev–Trinajstić information content (AvgIpc) is 3.40. The molecule has 0 bridgehead atoms. The van der Waals surface area contributed by atoms with Crippen LogP contribution in [-0.4, -0.2) is 36.4 Å². The summed E-state index contributed by atoms with van der Waals surface area (Å²) in [4.78, 5) is 24.5. The summed E-state index contributed by atoms with van der Waals surface area (Å²) in [6.07, 6.45) is 90.3. The Morgan fingerprint density at radius 2 is 0.581 bits per heavy atom. The van der Waals surface area contributed by atoms with Crippen molar-refractivity contribution in [1.29, 1.82) is 0 Å². The van der Waals surface area contributed by atoms with Crippen LogP contribution < -0.4 is 0 Å². The summed E-state index contributed by atoms with van der Waals surface area (Å²) in [7, 11) is 0. The van der Waals surface area contributed by atoms with E-state index in [2.05, 4.69) is 98.9 Å². The minimum absolute atomic E-state index is 0.0717. The molecule has 0 aliphatic heterocycles. The van der Waals surface area contributed by atoms with Crippen LogP contribution >= 0.6 is 0 Å². The zero-order valence-corrected chi connectivity index (χ0v) is 49.1. The Bertz CT molecular complexity index is 1350. The van der Waals surface area contributed by atoms with E-state index < -0.39 is 6.10 Å². The zero-order chi connectivity index (χ0) is 53.4. The lowest BCUT2D eigenvalue weighted by atomic mass is 10.0. The van der Waals surface area contributed by atoms with Gasteiger partial charge in [0, 0.05) is 12.8 Å². The molecule has 1 unspecified atom stereocenters. The first-order valence-electron chi connectivity index (χ1n) is 32.1. The SMILES string of the molecule is CC/C=C\C/C=C\C/C=C\C/C=C\CCCCCCCCC(=O)OC(CO)COC(=O)CCCCCCCCCCCCCCCCCCCCCCCCCCCC/C=C\C/C=C\C/C=C\CCCCCCC. The van der Waals surface area contributed by atoms with Gasteiger partial charge in [0.15, 0.2) is 6.10 Å². The maximum Gasteiger partial charge on any atom is 0.306 e. The van der Waals surface area contributed by atoms with Gasteiger partial charge in [-0.3, -0.25) is 9.59 Å². The highest BCUT2D eigenvalue weighted by Crippen LogP contribution is 2.17. The monoisotopic (exact) mass is 1030 g/mol. The van der Waals surface area contributed by atoms with Gasteiger partial charge in [-0.25, -0.2) is 0 Å².